The van der Waals surface area contributed by atoms with Gasteiger partial charge in [-0.15, -0.1) is 0 Å². The highest BCUT2D eigenvalue weighted by Crippen LogP contribution is 2.46. The molecule has 24 heavy (non-hydrogen) atoms. The summed E-state index contributed by atoms with van der Waals surface area (Å²) in [6, 6.07) is 0. The van der Waals surface area contributed by atoms with Gasteiger partial charge in [0.1, 0.15) is 10.8 Å². The fraction of sp³-hybridized carbons (Fsp3) is 0.474. The van der Waals surface area contributed by atoms with Crippen LogP contribution in [0.4, 0.5) is 0 Å². The van der Waals surface area contributed by atoms with E-state index in [4.69, 9.17) is 4.74 Å². The maximum atomic E-state index is 11.9. The summed E-state index contributed by atoms with van der Waals surface area (Å²) >= 11 is 0. The predicted molar refractivity (Wildman–Crippen MR) is 94.8 cm³/mol. The largest absolute Gasteiger partial charge is 0.480 e. The standard InChI is InChI=1S/C16H22O4.C3H6O/c1-5-9-15(10-6-2,13(17)18)16(11-7-3,12-8-4)14(19)20;1-3-2-4-3/h5-12H,1-4H3,(H,17,18)(H,19,20);3H,2H2,1H3. The Bertz CT molecular complexity index is 468. The maximum Gasteiger partial charge on any atom is 0.319 e. The summed E-state index contributed by atoms with van der Waals surface area (Å²) in [6.45, 7) is 9.70. The van der Waals surface area contributed by atoms with Crippen molar-refractivity contribution >= 4 is 11.9 Å². The molecule has 2 N–H and O–H groups in total. The summed E-state index contributed by atoms with van der Waals surface area (Å²) in [5, 5.41) is 19.4. The molecule has 1 rings (SSSR count). The number of allylic oxidation sites excluding steroid dienone is 4. The van der Waals surface area contributed by atoms with Gasteiger partial charge in [0.05, 0.1) is 12.7 Å². The lowest BCUT2D eigenvalue weighted by molar-refractivity contribution is -0.158. The number of rotatable bonds is 7. The van der Waals surface area contributed by atoms with Crippen LogP contribution in [0.1, 0.15) is 34.6 Å². The van der Waals surface area contributed by atoms with Crippen LogP contribution in [0.5, 0.6) is 0 Å². The summed E-state index contributed by atoms with van der Waals surface area (Å²) in [7, 11) is 0. The van der Waals surface area contributed by atoms with E-state index >= 15 is 0 Å². The zero-order valence-corrected chi connectivity index (χ0v) is 15.0. The van der Waals surface area contributed by atoms with Gasteiger partial charge in [-0.3, -0.25) is 9.59 Å². The third-order valence-electron chi connectivity index (χ3n) is 3.61. The van der Waals surface area contributed by atoms with Crippen LogP contribution in [0.3, 0.4) is 0 Å². The number of aliphatic carboxylic acids is 2. The van der Waals surface area contributed by atoms with E-state index in [-0.39, 0.29) is 0 Å². The molecule has 1 aliphatic rings. The minimum Gasteiger partial charge on any atom is -0.480 e. The van der Waals surface area contributed by atoms with Gasteiger partial charge in [0.15, 0.2) is 0 Å². The number of carbonyl (C=O) groups is 2. The SMILES string of the molecule is CC1CO1.CC=CC(C=CC)(C(=O)O)C(C=CC)(C=CC)C(=O)O. The van der Waals surface area contributed by atoms with E-state index in [0.717, 1.165) is 6.61 Å². The van der Waals surface area contributed by atoms with Crippen LogP contribution in [-0.4, -0.2) is 34.9 Å². The Balaban J connectivity index is 0.00000114. The Morgan fingerprint density at radius 1 is 0.833 bits per heavy atom. The van der Waals surface area contributed by atoms with Crippen LogP contribution >= 0.6 is 0 Å². The third kappa shape index (κ3) is 4.93. The summed E-state index contributed by atoms with van der Waals surface area (Å²) in [5.74, 6) is -2.43. The molecule has 134 valence electrons. The molecule has 1 unspecified atom stereocenters. The van der Waals surface area contributed by atoms with E-state index in [2.05, 4.69) is 6.92 Å². The van der Waals surface area contributed by atoms with Crippen molar-refractivity contribution in [1.29, 1.82) is 0 Å². The van der Waals surface area contributed by atoms with Gasteiger partial charge in [-0.05, 0) is 34.6 Å². The molecule has 1 heterocycles. The molecule has 0 aromatic carbocycles. The molecule has 0 saturated carbocycles. The Morgan fingerprint density at radius 3 is 1.12 bits per heavy atom. The van der Waals surface area contributed by atoms with Gasteiger partial charge in [0, 0.05) is 0 Å². The van der Waals surface area contributed by atoms with Gasteiger partial charge in [0.25, 0.3) is 0 Å². The van der Waals surface area contributed by atoms with Crippen molar-refractivity contribution in [3.8, 4) is 0 Å². The van der Waals surface area contributed by atoms with Crippen LogP contribution in [0, 0.1) is 10.8 Å². The van der Waals surface area contributed by atoms with Crippen LogP contribution in [0.2, 0.25) is 0 Å². The summed E-state index contributed by atoms with van der Waals surface area (Å²) in [4.78, 5) is 23.7. The first kappa shape index (κ1) is 21.9. The van der Waals surface area contributed by atoms with Gasteiger partial charge in [-0.1, -0.05) is 48.6 Å². The number of hydrogen-bond acceptors (Lipinski definition) is 3. The third-order valence-corrected chi connectivity index (χ3v) is 3.61. The first-order chi connectivity index (χ1) is 11.3. The first-order valence-corrected chi connectivity index (χ1v) is 7.91. The molecule has 1 fully saturated rings. The fourth-order valence-corrected chi connectivity index (χ4v) is 2.45. The molecule has 1 aliphatic heterocycles. The van der Waals surface area contributed by atoms with E-state index < -0.39 is 22.8 Å². The number of epoxide rings is 1. The molecule has 1 atom stereocenters. The molecular formula is C19H28O5. The highest BCUT2D eigenvalue weighted by atomic mass is 16.6. The Kier molecular flexibility index (Phi) is 9.00. The lowest BCUT2D eigenvalue weighted by Gasteiger charge is -2.37. The molecule has 1 saturated heterocycles. The minimum absolute atomic E-state index is 0.583. The van der Waals surface area contributed by atoms with Crippen LogP contribution in [0.25, 0.3) is 0 Å². The lowest BCUT2D eigenvalue weighted by Crippen LogP contribution is -2.48. The fourth-order valence-electron chi connectivity index (χ4n) is 2.45. The second-order valence-corrected chi connectivity index (χ2v) is 5.49. The maximum absolute atomic E-state index is 11.9. The Morgan fingerprint density at radius 2 is 1.04 bits per heavy atom. The topological polar surface area (TPSA) is 87.1 Å². The molecule has 0 amide bonds. The molecule has 0 aromatic rings. The van der Waals surface area contributed by atoms with Crippen molar-refractivity contribution in [2.45, 2.75) is 40.7 Å². The van der Waals surface area contributed by atoms with Crippen molar-refractivity contribution in [3.63, 3.8) is 0 Å². The van der Waals surface area contributed by atoms with E-state index in [0.29, 0.717) is 6.10 Å². The zero-order valence-electron chi connectivity index (χ0n) is 15.0. The highest BCUT2D eigenvalue weighted by molar-refractivity contribution is 5.93. The molecule has 0 bridgehead atoms. The van der Waals surface area contributed by atoms with E-state index in [9.17, 15) is 19.8 Å². The minimum atomic E-state index is -1.68. The molecule has 5 nitrogen and oxygen atoms in total. The lowest BCUT2D eigenvalue weighted by atomic mass is 9.62. The second-order valence-electron chi connectivity index (χ2n) is 5.49. The summed E-state index contributed by atoms with van der Waals surface area (Å²) < 4.78 is 4.71. The summed E-state index contributed by atoms with van der Waals surface area (Å²) in [5.41, 5.74) is -3.36. The monoisotopic (exact) mass is 336 g/mol. The number of hydrogen-bond donors (Lipinski definition) is 2. The zero-order chi connectivity index (χ0) is 18.8. The van der Waals surface area contributed by atoms with Crippen LogP contribution in [-0.2, 0) is 14.3 Å². The van der Waals surface area contributed by atoms with Crippen molar-refractivity contribution in [3.05, 3.63) is 48.6 Å². The number of carboxylic acids is 2. The molecule has 0 spiro atoms. The Labute approximate surface area is 144 Å². The molecule has 0 aliphatic carbocycles. The molecule has 0 radical (unpaired) electrons. The van der Waals surface area contributed by atoms with Gasteiger partial charge in [-0.25, -0.2) is 0 Å². The summed E-state index contributed by atoms with van der Waals surface area (Å²) in [6.07, 6.45) is 12.4. The van der Waals surface area contributed by atoms with Crippen LogP contribution in [0.15, 0.2) is 48.6 Å². The van der Waals surface area contributed by atoms with Gasteiger partial charge in [-0.2, -0.15) is 0 Å². The first-order valence-electron chi connectivity index (χ1n) is 7.91. The number of ether oxygens (including phenoxy) is 1. The van der Waals surface area contributed by atoms with Crippen molar-refractivity contribution in [2.24, 2.45) is 10.8 Å². The number of carboxylic acid groups (broad SMARTS) is 2. The van der Waals surface area contributed by atoms with E-state index in [1.165, 1.54) is 24.3 Å². The van der Waals surface area contributed by atoms with E-state index in [1.807, 2.05) is 0 Å². The van der Waals surface area contributed by atoms with Crippen molar-refractivity contribution < 1.29 is 24.5 Å². The van der Waals surface area contributed by atoms with Gasteiger partial charge < -0.3 is 14.9 Å². The van der Waals surface area contributed by atoms with Crippen LogP contribution < -0.4 is 0 Å². The van der Waals surface area contributed by atoms with Crippen molar-refractivity contribution in [2.75, 3.05) is 6.61 Å². The predicted octanol–water partition coefficient (Wildman–Crippen LogP) is 3.84. The average Bonchev–Trinajstić information content (AvgIpc) is 3.29. The smallest absolute Gasteiger partial charge is 0.319 e. The quantitative estimate of drug-likeness (QED) is 0.545. The average molecular weight is 336 g/mol. The normalized spacial score (nSPS) is 22.3. The Hall–Kier alpha value is -2.14. The molecule has 5 heteroatoms. The van der Waals surface area contributed by atoms with Gasteiger partial charge >= 0.3 is 11.9 Å². The second kappa shape index (κ2) is 9.88. The highest BCUT2D eigenvalue weighted by Gasteiger charge is 2.55. The molecule has 0 aromatic heterocycles. The van der Waals surface area contributed by atoms with Crippen molar-refractivity contribution in [1.82, 2.24) is 0 Å². The van der Waals surface area contributed by atoms with Gasteiger partial charge in [0.2, 0.25) is 0 Å². The van der Waals surface area contributed by atoms with E-state index in [1.54, 1.807) is 52.0 Å². The molecular weight excluding hydrogens is 308 g/mol.